The zero-order chi connectivity index (χ0) is 12.3. The molecule has 17 heavy (non-hydrogen) atoms. The fraction of sp³-hybridized carbons (Fsp3) is 0.364. The molecule has 0 spiro atoms. The van der Waals surface area contributed by atoms with E-state index in [0.717, 1.165) is 24.4 Å². The van der Waals surface area contributed by atoms with E-state index in [1.54, 1.807) is 11.8 Å². The quantitative estimate of drug-likeness (QED) is 0.846. The van der Waals surface area contributed by atoms with E-state index in [1.165, 1.54) is 6.07 Å². The minimum atomic E-state index is -0.964. The van der Waals surface area contributed by atoms with Crippen LogP contribution >= 0.6 is 11.8 Å². The van der Waals surface area contributed by atoms with Crippen molar-refractivity contribution < 1.29 is 13.6 Å². The molecule has 0 bridgehead atoms. The van der Waals surface area contributed by atoms with Crippen LogP contribution in [0.3, 0.4) is 0 Å². The number of hydrogen-bond donors (Lipinski definition) is 2. The first-order valence-corrected chi connectivity index (χ1v) is 6.39. The lowest BCUT2D eigenvalue weighted by Gasteiger charge is -2.22. The Kier molecular flexibility index (Phi) is 3.96. The molecule has 1 aromatic carbocycles. The minimum Gasteiger partial charge on any atom is -0.325 e. The van der Waals surface area contributed by atoms with Gasteiger partial charge in [0.25, 0.3) is 0 Å². The molecule has 92 valence electrons. The fourth-order valence-electron chi connectivity index (χ4n) is 1.54. The third kappa shape index (κ3) is 3.17. The Morgan fingerprint density at radius 2 is 2.24 bits per heavy atom. The molecule has 0 radical (unpaired) electrons. The molecule has 2 rings (SSSR count). The van der Waals surface area contributed by atoms with Crippen molar-refractivity contribution in [3.63, 3.8) is 0 Å². The first-order chi connectivity index (χ1) is 8.16. The van der Waals surface area contributed by atoms with Crippen molar-refractivity contribution in [3.8, 4) is 0 Å². The van der Waals surface area contributed by atoms with Crippen LogP contribution in [0.2, 0.25) is 0 Å². The first kappa shape index (κ1) is 12.3. The van der Waals surface area contributed by atoms with Gasteiger partial charge in [-0.05, 0) is 12.1 Å². The van der Waals surface area contributed by atoms with Crippen LogP contribution in [-0.2, 0) is 4.79 Å². The SMILES string of the molecule is O=C(Nc1ccc(F)c(F)c1)C1CSCCN1. The van der Waals surface area contributed by atoms with Gasteiger partial charge in [0.1, 0.15) is 0 Å². The van der Waals surface area contributed by atoms with E-state index in [2.05, 4.69) is 10.6 Å². The summed E-state index contributed by atoms with van der Waals surface area (Å²) in [5.41, 5.74) is 0.270. The smallest absolute Gasteiger partial charge is 0.242 e. The highest BCUT2D eigenvalue weighted by Crippen LogP contribution is 2.14. The molecule has 0 aliphatic carbocycles. The van der Waals surface area contributed by atoms with Gasteiger partial charge in [-0.25, -0.2) is 8.78 Å². The number of carbonyl (C=O) groups is 1. The van der Waals surface area contributed by atoms with Crippen LogP contribution in [0.5, 0.6) is 0 Å². The average molecular weight is 258 g/mol. The lowest BCUT2D eigenvalue weighted by atomic mass is 10.2. The third-order valence-corrected chi connectivity index (χ3v) is 3.49. The number of hydrogen-bond acceptors (Lipinski definition) is 3. The highest BCUT2D eigenvalue weighted by molar-refractivity contribution is 7.99. The number of carbonyl (C=O) groups excluding carboxylic acids is 1. The number of amides is 1. The molecule has 6 heteroatoms. The van der Waals surface area contributed by atoms with Gasteiger partial charge < -0.3 is 10.6 Å². The monoisotopic (exact) mass is 258 g/mol. The van der Waals surface area contributed by atoms with Crippen molar-refractivity contribution >= 4 is 23.4 Å². The summed E-state index contributed by atoms with van der Waals surface area (Å²) in [6, 6.07) is 3.03. The van der Waals surface area contributed by atoms with Crippen LogP contribution in [0.15, 0.2) is 18.2 Å². The van der Waals surface area contributed by atoms with E-state index < -0.39 is 11.6 Å². The van der Waals surface area contributed by atoms with Crippen molar-refractivity contribution in [2.45, 2.75) is 6.04 Å². The van der Waals surface area contributed by atoms with Gasteiger partial charge in [0, 0.05) is 29.8 Å². The summed E-state index contributed by atoms with van der Waals surface area (Å²) < 4.78 is 25.6. The van der Waals surface area contributed by atoms with Gasteiger partial charge in [-0.2, -0.15) is 11.8 Å². The van der Waals surface area contributed by atoms with E-state index in [1.807, 2.05) is 0 Å². The second-order valence-electron chi connectivity index (χ2n) is 3.70. The van der Waals surface area contributed by atoms with Crippen LogP contribution in [0, 0.1) is 11.6 Å². The van der Waals surface area contributed by atoms with E-state index in [9.17, 15) is 13.6 Å². The average Bonchev–Trinajstić information content (AvgIpc) is 2.35. The van der Waals surface area contributed by atoms with Gasteiger partial charge in [0.05, 0.1) is 6.04 Å². The highest BCUT2D eigenvalue weighted by Gasteiger charge is 2.21. The Balaban J connectivity index is 1.99. The molecule has 1 aliphatic heterocycles. The van der Waals surface area contributed by atoms with Gasteiger partial charge >= 0.3 is 0 Å². The van der Waals surface area contributed by atoms with Crippen molar-refractivity contribution in [3.05, 3.63) is 29.8 Å². The summed E-state index contributed by atoms with van der Waals surface area (Å²) in [4.78, 5) is 11.8. The Labute approximate surface area is 102 Å². The van der Waals surface area contributed by atoms with Crippen molar-refractivity contribution in [1.82, 2.24) is 5.32 Å². The van der Waals surface area contributed by atoms with Crippen molar-refractivity contribution in [1.29, 1.82) is 0 Å². The maximum Gasteiger partial charge on any atom is 0.242 e. The van der Waals surface area contributed by atoms with Crippen LogP contribution in [0.25, 0.3) is 0 Å². The van der Waals surface area contributed by atoms with Crippen molar-refractivity contribution in [2.75, 3.05) is 23.4 Å². The summed E-state index contributed by atoms with van der Waals surface area (Å²) in [5.74, 6) is -0.434. The summed E-state index contributed by atoms with van der Waals surface area (Å²) in [6.07, 6.45) is 0. The molecule has 0 aromatic heterocycles. The fourth-order valence-corrected chi connectivity index (χ4v) is 2.47. The number of rotatable bonds is 2. The van der Waals surface area contributed by atoms with Gasteiger partial charge in [-0.1, -0.05) is 0 Å². The topological polar surface area (TPSA) is 41.1 Å². The first-order valence-electron chi connectivity index (χ1n) is 5.24. The molecule has 1 aliphatic rings. The summed E-state index contributed by atoms with van der Waals surface area (Å²) >= 11 is 1.69. The Morgan fingerprint density at radius 1 is 1.41 bits per heavy atom. The number of nitrogens with one attached hydrogen (secondary N) is 2. The zero-order valence-electron chi connectivity index (χ0n) is 9.00. The van der Waals surface area contributed by atoms with Crippen LogP contribution in [0.1, 0.15) is 0 Å². The summed E-state index contributed by atoms with van der Waals surface area (Å²) in [7, 11) is 0. The minimum absolute atomic E-state index is 0.219. The molecule has 1 unspecified atom stereocenters. The normalized spacial score (nSPS) is 20.0. The lowest BCUT2D eigenvalue weighted by molar-refractivity contribution is -0.117. The largest absolute Gasteiger partial charge is 0.325 e. The number of thioether (sulfide) groups is 1. The Morgan fingerprint density at radius 3 is 2.88 bits per heavy atom. The second kappa shape index (κ2) is 5.46. The van der Waals surface area contributed by atoms with Gasteiger partial charge in [-0.3, -0.25) is 4.79 Å². The predicted octanol–water partition coefficient (Wildman–Crippen LogP) is 1.61. The lowest BCUT2D eigenvalue weighted by Crippen LogP contribution is -2.46. The van der Waals surface area contributed by atoms with Crippen molar-refractivity contribution in [2.24, 2.45) is 0 Å². The molecule has 0 saturated carbocycles. The second-order valence-corrected chi connectivity index (χ2v) is 4.85. The Hall–Kier alpha value is -1.14. The van der Waals surface area contributed by atoms with Gasteiger partial charge in [0.15, 0.2) is 11.6 Å². The van der Waals surface area contributed by atoms with Gasteiger partial charge in [-0.15, -0.1) is 0 Å². The number of benzene rings is 1. The molecular formula is C11H12F2N2OS. The van der Waals surface area contributed by atoms with E-state index in [-0.39, 0.29) is 17.6 Å². The standard InChI is InChI=1S/C11H12F2N2OS/c12-8-2-1-7(5-9(8)13)15-11(16)10-6-17-4-3-14-10/h1-2,5,10,14H,3-4,6H2,(H,15,16). The third-order valence-electron chi connectivity index (χ3n) is 2.43. The van der Waals surface area contributed by atoms with E-state index in [0.29, 0.717) is 5.75 Å². The molecule has 3 nitrogen and oxygen atoms in total. The summed E-state index contributed by atoms with van der Waals surface area (Å²) in [6.45, 7) is 0.778. The van der Waals surface area contributed by atoms with Crippen LogP contribution in [-0.4, -0.2) is 30.0 Å². The predicted molar refractivity (Wildman–Crippen MR) is 64.1 cm³/mol. The number of halogens is 2. The summed E-state index contributed by atoms with van der Waals surface area (Å²) in [5, 5.41) is 5.62. The molecule has 1 atom stereocenters. The number of anilines is 1. The molecule has 2 N–H and O–H groups in total. The molecule has 1 saturated heterocycles. The molecule has 1 aromatic rings. The van der Waals surface area contributed by atoms with Crippen LogP contribution < -0.4 is 10.6 Å². The van der Waals surface area contributed by atoms with E-state index in [4.69, 9.17) is 0 Å². The van der Waals surface area contributed by atoms with Crippen LogP contribution in [0.4, 0.5) is 14.5 Å². The Bertz CT molecular complexity index is 422. The maximum atomic E-state index is 12.9. The highest BCUT2D eigenvalue weighted by atomic mass is 32.2. The molecular weight excluding hydrogens is 246 g/mol. The van der Waals surface area contributed by atoms with Gasteiger partial charge in [0.2, 0.25) is 5.91 Å². The molecule has 1 heterocycles. The maximum absolute atomic E-state index is 12.9. The van der Waals surface area contributed by atoms with E-state index >= 15 is 0 Å². The molecule has 1 amide bonds. The zero-order valence-corrected chi connectivity index (χ0v) is 9.82. The molecule has 1 fully saturated rings.